The summed E-state index contributed by atoms with van der Waals surface area (Å²) < 4.78 is 40.2. The van der Waals surface area contributed by atoms with E-state index in [0.29, 0.717) is 0 Å². The van der Waals surface area contributed by atoms with Crippen molar-refractivity contribution in [1.82, 2.24) is 4.72 Å². The van der Waals surface area contributed by atoms with E-state index in [4.69, 9.17) is 11.6 Å². The zero-order valence-corrected chi connectivity index (χ0v) is 13.7. The van der Waals surface area contributed by atoms with Gasteiger partial charge in [0.1, 0.15) is 10.7 Å². The molecule has 1 unspecified atom stereocenters. The van der Waals surface area contributed by atoms with E-state index in [1.807, 2.05) is 37.3 Å². The number of hydrogen-bond acceptors (Lipinski definition) is 2. The first-order valence-electron chi connectivity index (χ1n) is 6.93. The Balaban J connectivity index is 2.15. The van der Waals surface area contributed by atoms with Crippen LogP contribution in [-0.4, -0.2) is 15.0 Å². The Morgan fingerprint density at radius 1 is 1.18 bits per heavy atom. The Labute approximate surface area is 135 Å². The number of rotatable bonds is 6. The first-order valence-corrected chi connectivity index (χ1v) is 8.80. The number of nitrogens with one attached hydrogen (secondary N) is 1. The second-order valence-corrected chi connectivity index (χ2v) is 7.09. The van der Waals surface area contributed by atoms with Crippen LogP contribution in [0.2, 0.25) is 5.02 Å². The van der Waals surface area contributed by atoms with Gasteiger partial charge in [0.2, 0.25) is 10.0 Å². The van der Waals surface area contributed by atoms with E-state index in [1.54, 1.807) is 0 Å². The maximum Gasteiger partial charge on any atom is 0.242 e. The fourth-order valence-corrected chi connectivity index (χ4v) is 3.82. The lowest BCUT2D eigenvalue weighted by Crippen LogP contribution is -2.28. The van der Waals surface area contributed by atoms with Crippen LogP contribution in [0.3, 0.4) is 0 Å². The van der Waals surface area contributed by atoms with Crippen LogP contribution >= 0.6 is 11.6 Å². The molecule has 0 bridgehead atoms. The average Bonchev–Trinajstić information content (AvgIpc) is 2.48. The first kappa shape index (κ1) is 16.9. The number of benzene rings is 2. The second kappa shape index (κ2) is 7.22. The highest BCUT2D eigenvalue weighted by Crippen LogP contribution is 2.23. The van der Waals surface area contributed by atoms with Crippen molar-refractivity contribution < 1.29 is 12.8 Å². The highest BCUT2D eigenvalue weighted by atomic mass is 35.5. The lowest BCUT2D eigenvalue weighted by atomic mass is 9.97. The molecule has 0 aliphatic heterocycles. The van der Waals surface area contributed by atoms with E-state index in [9.17, 15) is 12.8 Å². The minimum Gasteiger partial charge on any atom is -0.210 e. The molecule has 3 nitrogen and oxygen atoms in total. The van der Waals surface area contributed by atoms with E-state index in [-0.39, 0.29) is 22.4 Å². The minimum absolute atomic E-state index is 0.0650. The maximum absolute atomic E-state index is 13.0. The molecular formula is C16H17ClFNO2S. The van der Waals surface area contributed by atoms with Crippen LogP contribution in [0.25, 0.3) is 0 Å². The molecule has 118 valence electrons. The number of halogens is 2. The van der Waals surface area contributed by atoms with Crippen molar-refractivity contribution >= 4 is 21.6 Å². The summed E-state index contributed by atoms with van der Waals surface area (Å²) in [5.41, 5.74) is 1.07. The van der Waals surface area contributed by atoms with E-state index in [1.165, 1.54) is 6.07 Å². The summed E-state index contributed by atoms with van der Waals surface area (Å²) in [7, 11) is -3.77. The van der Waals surface area contributed by atoms with Gasteiger partial charge in [-0.25, -0.2) is 17.5 Å². The van der Waals surface area contributed by atoms with Crippen molar-refractivity contribution in [3.8, 4) is 0 Å². The molecule has 2 rings (SSSR count). The Bertz CT molecular complexity index is 735. The molecule has 0 fully saturated rings. The molecule has 6 heteroatoms. The van der Waals surface area contributed by atoms with Gasteiger partial charge in [-0.2, -0.15) is 0 Å². The van der Waals surface area contributed by atoms with Gasteiger partial charge < -0.3 is 0 Å². The molecule has 1 atom stereocenters. The van der Waals surface area contributed by atoms with Crippen LogP contribution in [0.15, 0.2) is 53.4 Å². The van der Waals surface area contributed by atoms with Gasteiger partial charge in [0, 0.05) is 6.54 Å². The molecule has 2 aromatic carbocycles. The third-order valence-electron chi connectivity index (χ3n) is 3.47. The van der Waals surface area contributed by atoms with Crippen molar-refractivity contribution in [2.75, 3.05) is 6.54 Å². The predicted molar refractivity (Wildman–Crippen MR) is 86.1 cm³/mol. The standard InChI is InChI=1S/C16H17ClFNO2S/c1-2-12(13-6-4-3-5-7-13)11-19-22(20,21)16-9-8-14(18)10-15(16)17/h3-10,12,19H,2,11H2,1H3. The van der Waals surface area contributed by atoms with Gasteiger partial charge in [0.15, 0.2) is 0 Å². The van der Waals surface area contributed by atoms with Gasteiger partial charge in [0.25, 0.3) is 0 Å². The summed E-state index contributed by atoms with van der Waals surface area (Å²) >= 11 is 5.82. The van der Waals surface area contributed by atoms with Crippen LogP contribution in [0.5, 0.6) is 0 Å². The average molecular weight is 342 g/mol. The highest BCUT2D eigenvalue weighted by Gasteiger charge is 2.20. The van der Waals surface area contributed by atoms with Gasteiger partial charge >= 0.3 is 0 Å². The summed E-state index contributed by atoms with van der Waals surface area (Å²) in [5, 5.41) is -0.125. The van der Waals surface area contributed by atoms with E-state index in [0.717, 1.165) is 24.1 Å². The summed E-state index contributed by atoms with van der Waals surface area (Å²) in [4.78, 5) is -0.113. The van der Waals surface area contributed by atoms with Crippen LogP contribution < -0.4 is 4.72 Å². The molecule has 0 saturated heterocycles. The molecule has 0 saturated carbocycles. The fraction of sp³-hybridized carbons (Fsp3) is 0.250. The molecule has 0 radical (unpaired) electrons. The summed E-state index contributed by atoms with van der Waals surface area (Å²) in [6.45, 7) is 2.26. The SMILES string of the molecule is CCC(CNS(=O)(=O)c1ccc(F)cc1Cl)c1ccccc1. The summed E-state index contributed by atoms with van der Waals surface area (Å²) in [5.74, 6) is -0.505. The minimum atomic E-state index is -3.77. The highest BCUT2D eigenvalue weighted by molar-refractivity contribution is 7.89. The molecule has 0 amide bonds. The van der Waals surface area contributed by atoms with Crippen LogP contribution in [0.4, 0.5) is 4.39 Å². The third-order valence-corrected chi connectivity index (χ3v) is 5.37. The van der Waals surface area contributed by atoms with Gasteiger partial charge in [-0.3, -0.25) is 0 Å². The Kier molecular flexibility index (Phi) is 5.56. The van der Waals surface area contributed by atoms with Crippen molar-refractivity contribution in [2.45, 2.75) is 24.2 Å². The van der Waals surface area contributed by atoms with Crippen molar-refractivity contribution in [2.24, 2.45) is 0 Å². The lowest BCUT2D eigenvalue weighted by molar-refractivity contribution is 0.565. The summed E-state index contributed by atoms with van der Waals surface area (Å²) in [6.07, 6.45) is 0.795. The normalized spacial score (nSPS) is 13.0. The smallest absolute Gasteiger partial charge is 0.210 e. The van der Waals surface area contributed by atoms with Crippen LogP contribution in [0.1, 0.15) is 24.8 Å². The summed E-state index contributed by atoms with van der Waals surface area (Å²) in [6, 6.07) is 12.9. The van der Waals surface area contributed by atoms with Crippen molar-refractivity contribution in [1.29, 1.82) is 0 Å². The molecule has 22 heavy (non-hydrogen) atoms. The molecule has 0 aliphatic rings. The molecule has 0 aliphatic carbocycles. The fourth-order valence-electron chi connectivity index (χ4n) is 2.20. The first-order chi connectivity index (χ1) is 10.4. The van der Waals surface area contributed by atoms with Gasteiger partial charge in [-0.05, 0) is 36.1 Å². The lowest BCUT2D eigenvalue weighted by Gasteiger charge is -2.16. The van der Waals surface area contributed by atoms with Crippen molar-refractivity contribution in [3.05, 3.63) is 64.9 Å². The Morgan fingerprint density at radius 3 is 2.45 bits per heavy atom. The topological polar surface area (TPSA) is 46.2 Å². The second-order valence-electron chi connectivity index (χ2n) is 4.94. The van der Waals surface area contributed by atoms with Crippen molar-refractivity contribution in [3.63, 3.8) is 0 Å². The van der Waals surface area contributed by atoms with Crippen LogP contribution in [-0.2, 0) is 10.0 Å². The monoisotopic (exact) mass is 341 g/mol. The van der Waals surface area contributed by atoms with Gasteiger partial charge in [0.05, 0.1) is 5.02 Å². The molecule has 2 aromatic rings. The number of sulfonamides is 1. The maximum atomic E-state index is 13.0. The zero-order chi connectivity index (χ0) is 16.2. The van der Waals surface area contributed by atoms with Gasteiger partial charge in [-0.1, -0.05) is 48.9 Å². The molecule has 0 heterocycles. The van der Waals surface area contributed by atoms with E-state index >= 15 is 0 Å². The molecule has 1 N–H and O–H groups in total. The predicted octanol–water partition coefficient (Wildman–Crippen LogP) is 3.95. The van der Waals surface area contributed by atoms with Crippen LogP contribution in [0, 0.1) is 5.82 Å². The van der Waals surface area contributed by atoms with Gasteiger partial charge in [-0.15, -0.1) is 0 Å². The molecular weight excluding hydrogens is 325 g/mol. The van der Waals surface area contributed by atoms with E-state index in [2.05, 4.69) is 4.72 Å². The third kappa shape index (κ3) is 4.06. The quantitative estimate of drug-likeness (QED) is 0.864. The molecule has 0 aromatic heterocycles. The molecule has 0 spiro atoms. The number of hydrogen-bond donors (Lipinski definition) is 1. The largest absolute Gasteiger partial charge is 0.242 e. The Hall–Kier alpha value is -1.43. The Morgan fingerprint density at radius 2 is 1.86 bits per heavy atom. The van der Waals surface area contributed by atoms with E-state index < -0.39 is 15.8 Å². The zero-order valence-electron chi connectivity index (χ0n) is 12.1.